The van der Waals surface area contributed by atoms with Crippen LogP contribution in [0, 0.1) is 5.92 Å². The van der Waals surface area contributed by atoms with Crippen molar-refractivity contribution in [2.45, 2.75) is 97.1 Å². The van der Waals surface area contributed by atoms with Crippen LogP contribution >= 0.6 is 0 Å². The highest BCUT2D eigenvalue weighted by molar-refractivity contribution is 5.93. The standard InChI is InChI=1S/C33H45N3O6/c1-24(2)20-28-29(42-33(3,4)36(28)32(38)41-23-26-10-6-5-7-11-26)21-27(15-19-40-30-12-8-9-18-39-30)31(37)35-22-25-13-16-34-17-14-25/h5-7,10-11,13-14,16-17,21,24,28-30H,8-9,12,15,18-20,22-23H2,1-4H3,(H,35,37)/t28-,29-,30?/m0/s1. The lowest BCUT2D eigenvalue weighted by molar-refractivity contribution is -0.162. The lowest BCUT2D eigenvalue weighted by Gasteiger charge is -2.33. The van der Waals surface area contributed by atoms with Gasteiger partial charge < -0.3 is 24.3 Å². The Kier molecular flexibility index (Phi) is 11.5. The van der Waals surface area contributed by atoms with E-state index in [0.717, 1.165) is 30.4 Å². The largest absolute Gasteiger partial charge is 0.444 e. The van der Waals surface area contributed by atoms with Crippen molar-refractivity contribution in [1.29, 1.82) is 0 Å². The molecule has 2 aromatic rings. The molecule has 0 radical (unpaired) electrons. The minimum absolute atomic E-state index is 0.171. The molecule has 2 saturated heterocycles. The molecule has 1 aromatic heterocycles. The molecule has 2 amide bonds. The van der Waals surface area contributed by atoms with Crippen molar-refractivity contribution in [3.8, 4) is 0 Å². The second-order valence-electron chi connectivity index (χ2n) is 11.8. The highest BCUT2D eigenvalue weighted by atomic mass is 16.7. The summed E-state index contributed by atoms with van der Waals surface area (Å²) in [6, 6.07) is 13.0. The number of rotatable bonds is 12. The van der Waals surface area contributed by atoms with E-state index in [9.17, 15) is 9.59 Å². The van der Waals surface area contributed by atoms with E-state index in [1.54, 1.807) is 17.3 Å². The van der Waals surface area contributed by atoms with E-state index in [2.05, 4.69) is 24.1 Å². The van der Waals surface area contributed by atoms with Crippen LogP contribution in [0.4, 0.5) is 4.79 Å². The first-order valence-corrected chi connectivity index (χ1v) is 15.0. The summed E-state index contributed by atoms with van der Waals surface area (Å²) < 4.78 is 23.9. The number of hydrogen-bond acceptors (Lipinski definition) is 7. The van der Waals surface area contributed by atoms with Crippen molar-refractivity contribution in [3.05, 3.63) is 77.6 Å². The lowest BCUT2D eigenvalue weighted by atomic mass is 9.96. The van der Waals surface area contributed by atoms with Gasteiger partial charge in [-0.15, -0.1) is 0 Å². The molecule has 0 spiro atoms. The fourth-order valence-corrected chi connectivity index (χ4v) is 5.44. The number of pyridine rings is 1. The van der Waals surface area contributed by atoms with Gasteiger partial charge in [0.1, 0.15) is 12.3 Å². The van der Waals surface area contributed by atoms with Crippen LogP contribution in [0.3, 0.4) is 0 Å². The summed E-state index contributed by atoms with van der Waals surface area (Å²) in [7, 11) is 0. The predicted octanol–water partition coefficient (Wildman–Crippen LogP) is 5.75. The van der Waals surface area contributed by atoms with Gasteiger partial charge in [-0.1, -0.05) is 44.2 Å². The Hall–Kier alpha value is -3.27. The Bertz CT molecular complexity index is 1160. The van der Waals surface area contributed by atoms with Gasteiger partial charge >= 0.3 is 6.09 Å². The van der Waals surface area contributed by atoms with Crippen LogP contribution in [-0.2, 0) is 36.9 Å². The van der Waals surface area contributed by atoms with Crippen molar-refractivity contribution in [2.24, 2.45) is 5.92 Å². The molecular formula is C33H45N3O6. The van der Waals surface area contributed by atoms with Gasteiger partial charge in [0.25, 0.3) is 0 Å². The quantitative estimate of drug-likeness (QED) is 0.320. The third-order valence-electron chi connectivity index (χ3n) is 7.50. The maximum Gasteiger partial charge on any atom is 0.412 e. The number of amides is 2. The zero-order chi connectivity index (χ0) is 30.0. The van der Waals surface area contributed by atoms with Crippen LogP contribution in [0.25, 0.3) is 0 Å². The average molecular weight is 580 g/mol. The molecule has 2 aliphatic rings. The van der Waals surface area contributed by atoms with E-state index in [0.29, 0.717) is 38.2 Å². The summed E-state index contributed by atoms with van der Waals surface area (Å²) >= 11 is 0. The van der Waals surface area contributed by atoms with Gasteiger partial charge in [0.05, 0.1) is 18.8 Å². The minimum atomic E-state index is -0.931. The summed E-state index contributed by atoms with van der Waals surface area (Å²) in [5, 5.41) is 3.03. The second-order valence-corrected chi connectivity index (χ2v) is 11.8. The Morgan fingerprint density at radius 2 is 1.88 bits per heavy atom. The molecule has 0 bridgehead atoms. The topological polar surface area (TPSA) is 99.2 Å². The van der Waals surface area contributed by atoms with Crippen molar-refractivity contribution in [2.75, 3.05) is 13.2 Å². The molecule has 228 valence electrons. The number of nitrogens with zero attached hydrogens (tertiary/aromatic N) is 2. The Morgan fingerprint density at radius 1 is 1.12 bits per heavy atom. The van der Waals surface area contributed by atoms with Crippen molar-refractivity contribution >= 4 is 12.0 Å². The summed E-state index contributed by atoms with van der Waals surface area (Å²) in [4.78, 5) is 32.7. The fraction of sp³-hybridized carbons (Fsp3) is 0.545. The molecule has 42 heavy (non-hydrogen) atoms. The second kappa shape index (κ2) is 15.3. The molecule has 1 unspecified atom stereocenters. The van der Waals surface area contributed by atoms with E-state index in [4.69, 9.17) is 18.9 Å². The van der Waals surface area contributed by atoms with Crippen molar-refractivity contribution in [3.63, 3.8) is 0 Å². The van der Waals surface area contributed by atoms with Crippen molar-refractivity contribution in [1.82, 2.24) is 15.2 Å². The van der Waals surface area contributed by atoms with E-state index >= 15 is 0 Å². The van der Waals surface area contributed by atoms with Gasteiger partial charge in [-0.25, -0.2) is 4.79 Å². The van der Waals surface area contributed by atoms with Crippen LogP contribution in [0.1, 0.15) is 70.9 Å². The molecule has 2 fully saturated rings. The Labute approximate surface area is 249 Å². The molecule has 1 aromatic carbocycles. The Morgan fingerprint density at radius 3 is 2.57 bits per heavy atom. The number of benzene rings is 1. The SMILES string of the molecule is CC(C)C[C@H]1[C@H](C=C(CCOC2CCCCO2)C(=O)NCc2ccncc2)OC(C)(C)N1C(=O)OCc1ccccc1. The van der Waals surface area contributed by atoms with Crippen LogP contribution in [0.2, 0.25) is 0 Å². The zero-order valence-electron chi connectivity index (χ0n) is 25.3. The highest BCUT2D eigenvalue weighted by Gasteiger charge is 2.50. The third kappa shape index (κ3) is 9.11. The first-order chi connectivity index (χ1) is 20.2. The molecule has 1 N–H and O–H groups in total. The monoisotopic (exact) mass is 579 g/mol. The van der Waals surface area contributed by atoms with Crippen LogP contribution in [0.5, 0.6) is 0 Å². The molecule has 4 rings (SSSR count). The minimum Gasteiger partial charge on any atom is -0.444 e. The summed E-state index contributed by atoms with van der Waals surface area (Å²) in [6.45, 7) is 9.53. The highest BCUT2D eigenvalue weighted by Crippen LogP contribution is 2.37. The van der Waals surface area contributed by atoms with E-state index in [1.807, 2.05) is 62.4 Å². The number of hydrogen-bond donors (Lipinski definition) is 1. The lowest BCUT2D eigenvalue weighted by Crippen LogP contribution is -2.49. The van der Waals surface area contributed by atoms with Gasteiger partial charge in [0.15, 0.2) is 6.29 Å². The average Bonchev–Trinajstić information content (AvgIpc) is 3.23. The van der Waals surface area contributed by atoms with Crippen molar-refractivity contribution < 1.29 is 28.5 Å². The molecule has 3 atom stereocenters. The first kappa shape index (κ1) is 31.7. The summed E-state index contributed by atoms with van der Waals surface area (Å²) in [5.41, 5.74) is 1.48. The van der Waals surface area contributed by atoms with Gasteiger partial charge in [0, 0.05) is 37.5 Å². The zero-order valence-corrected chi connectivity index (χ0v) is 25.3. The maximum absolute atomic E-state index is 13.5. The smallest absolute Gasteiger partial charge is 0.412 e. The number of carbonyl (C=O) groups is 2. The van der Waals surface area contributed by atoms with E-state index in [1.165, 1.54) is 0 Å². The maximum atomic E-state index is 13.5. The molecular weight excluding hydrogens is 534 g/mol. The Balaban J connectivity index is 1.52. The summed E-state index contributed by atoms with van der Waals surface area (Å²) in [6.07, 6.45) is 8.11. The van der Waals surface area contributed by atoms with Gasteiger partial charge in [0.2, 0.25) is 5.91 Å². The molecule has 9 heteroatoms. The molecule has 0 aliphatic carbocycles. The molecule has 9 nitrogen and oxygen atoms in total. The van der Waals surface area contributed by atoms with Crippen LogP contribution in [0.15, 0.2) is 66.5 Å². The van der Waals surface area contributed by atoms with Crippen LogP contribution < -0.4 is 5.32 Å². The number of carbonyl (C=O) groups excluding carboxylic acids is 2. The number of ether oxygens (including phenoxy) is 4. The fourth-order valence-electron chi connectivity index (χ4n) is 5.44. The normalized spacial score (nSPS) is 22.3. The van der Waals surface area contributed by atoms with Gasteiger partial charge in [-0.3, -0.25) is 14.7 Å². The number of aromatic nitrogens is 1. The third-order valence-corrected chi connectivity index (χ3v) is 7.50. The first-order valence-electron chi connectivity index (χ1n) is 15.0. The molecule has 3 heterocycles. The van der Waals surface area contributed by atoms with E-state index < -0.39 is 17.9 Å². The van der Waals surface area contributed by atoms with E-state index in [-0.39, 0.29) is 30.8 Å². The van der Waals surface area contributed by atoms with Crippen LogP contribution in [-0.4, -0.2) is 59.3 Å². The molecule has 2 aliphatic heterocycles. The van der Waals surface area contributed by atoms with Gasteiger partial charge in [-0.2, -0.15) is 0 Å². The molecule has 0 saturated carbocycles. The summed E-state index contributed by atoms with van der Waals surface area (Å²) in [5.74, 6) is 0.0818. The van der Waals surface area contributed by atoms with Gasteiger partial charge in [-0.05, 0) is 74.8 Å². The number of nitrogens with one attached hydrogen (secondary N) is 1. The predicted molar refractivity (Wildman–Crippen MR) is 159 cm³/mol.